The van der Waals surface area contributed by atoms with Gasteiger partial charge in [-0.1, -0.05) is 24.6 Å². The predicted octanol–water partition coefficient (Wildman–Crippen LogP) is 3.85. The Morgan fingerprint density at radius 2 is 1.83 bits per heavy atom. The van der Waals surface area contributed by atoms with Crippen molar-refractivity contribution in [3.63, 3.8) is 0 Å². The van der Waals surface area contributed by atoms with Crippen LogP contribution < -0.4 is 0 Å². The van der Waals surface area contributed by atoms with E-state index in [1.807, 2.05) is 0 Å². The fourth-order valence-corrected chi connectivity index (χ4v) is 3.17. The number of para-hydroxylation sites is 1. The SMILES string of the molecule is O=C(Cc1cc(C(F)(F)F)nc2ccccc12)CN1CCCCC1. The highest BCUT2D eigenvalue weighted by atomic mass is 19.4. The van der Waals surface area contributed by atoms with Gasteiger partial charge >= 0.3 is 6.18 Å². The fraction of sp³-hybridized carbons (Fsp3) is 0.444. The van der Waals surface area contributed by atoms with Crippen LogP contribution in [0.1, 0.15) is 30.5 Å². The zero-order valence-corrected chi connectivity index (χ0v) is 13.3. The summed E-state index contributed by atoms with van der Waals surface area (Å²) >= 11 is 0. The highest BCUT2D eigenvalue weighted by molar-refractivity contribution is 5.90. The van der Waals surface area contributed by atoms with Gasteiger partial charge in [0, 0.05) is 11.8 Å². The van der Waals surface area contributed by atoms with Crippen molar-refractivity contribution in [2.75, 3.05) is 19.6 Å². The fourth-order valence-electron chi connectivity index (χ4n) is 3.17. The van der Waals surface area contributed by atoms with Crippen molar-refractivity contribution < 1.29 is 18.0 Å². The monoisotopic (exact) mass is 336 g/mol. The van der Waals surface area contributed by atoms with Gasteiger partial charge in [0.05, 0.1) is 12.1 Å². The van der Waals surface area contributed by atoms with Crippen molar-refractivity contribution in [1.29, 1.82) is 0 Å². The maximum atomic E-state index is 13.1. The highest BCUT2D eigenvalue weighted by Gasteiger charge is 2.33. The molecular formula is C18H19F3N2O. The third kappa shape index (κ3) is 3.93. The summed E-state index contributed by atoms with van der Waals surface area (Å²) in [5, 5.41) is 0.609. The lowest BCUT2D eigenvalue weighted by Gasteiger charge is -2.25. The van der Waals surface area contributed by atoms with E-state index in [9.17, 15) is 18.0 Å². The first-order chi connectivity index (χ1) is 11.4. The molecule has 1 aliphatic rings. The van der Waals surface area contributed by atoms with Crippen molar-refractivity contribution in [2.45, 2.75) is 31.9 Å². The number of carbonyl (C=O) groups excluding carboxylic acids is 1. The first-order valence-corrected chi connectivity index (χ1v) is 8.13. The van der Waals surface area contributed by atoms with E-state index >= 15 is 0 Å². The number of pyridine rings is 1. The minimum atomic E-state index is -4.52. The van der Waals surface area contributed by atoms with E-state index in [0.29, 0.717) is 17.5 Å². The molecule has 1 aliphatic heterocycles. The van der Waals surface area contributed by atoms with Gasteiger partial charge in [0.25, 0.3) is 0 Å². The summed E-state index contributed by atoms with van der Waals surface area (Å²) in [5.41, 5.74) is -0.273. The largest absolute Gasteiger partial charge is 0.433 e. The molecule has 0 aliphatic carbocycles. The number of Topliss-reactive ketones (excluding diaryl/α,β-unsaturated/α-hetero) is 1. The van der Waals surface area contributed by atoms with Gasteiger partial charge in [0.1, 0.15) is 5.69 Å². The van der Waals surface area contributed by atoms with E-state index in [2.05, 4.69) is 9.88 Å². The van der Waals surface area contributed by atoms with E-state index in [4.69, 9.17) is 0 Å². The Bertz CT molecular complexity index is 737. The van der Waals surface area contributed by atoms with Crippen molar-refractivity contribution in [2.24, 2.45) is 0 Å². The summed E-state index contributed by atoms with van der Waals surface area (Å²) in [6.45, 7) is 2.07. The molecule has 0 bridgehead atoms. The number of ketones is 1. The standard InChI is InChI=1S/C18H19F3N2O/c19-18(20,21)17-11-13(15-6-2-3-7-16(15)22-17)10-14(24)12-23-8-4-1-5-9-23/h2-3,6-7,11H,1,4-5,8-10,12H2. The van der Waals surface area contributed by atoms with E-state index in [1.54, 1.807) is 24.3 Å². The second-order valence-electron chi connectivity index (χ2n) is 6.23. The van der Waals surface area contributed by atoms with Crippen molar-refractivity contribution in [3.05, 3.63) is 41.6 Å². The summed E-state index contributed by atoms with van der Waals surface area (Å²) in [6.07, 6.45) is -1.20. The number of hydrogen-bond donors (Lipinski definition) is 0. The number of rotatable bonds is 4. The van der Waals surface area contributed by atoms with Crippen LogP contribution in [0.5, 0.6) is 0 Å². The molecule has 2 heterocycles. The zero-order valence-electron chi connectivity index (χ0n) is 13.3. The van der Waals surface area contributed by atoms with E-state index in [1.165, 1.54) is 6.42 Å². The molecule has 6 heteroatoms. The van der Waals surface area contributed by atoms with Crippen LogP contribution in [0.25, 0.3) is 10.9 Å². The lowest BCUT2D eigenvalue weighted by molar-refractivity contribution is -0.141. The van der Waals surface area contributed by atoms with Crippen molar-refractivity contribution in [1.82, 2.24) is 9.88 Å². The third-order valence-corrected chi connectivity index (χ3v) is 4.33. The number of alkyl halides is 3. The Labute approximate surface area is 138 Å². The summed E-state index contributed by atoms with van der Waals surface area (Å²) in [5.74, 6) is -0.0543. The Kier molecular flexibility index (Phi) is 4.85. The first kappa shape index (κ1) is 16.9. The van der Waals surface area contributed by atoms with Gasteiger partial charge < -0.3 is 0 Å². The van der Waals surface area contributed by atoms with Crippen LogP contribution in [-0.4, -0.2) is 35.3 Å². The van der Waals surface area contributed by atoms with Gasteiger partial charge in [-0.05, 0) is 43.6 Å². The van der Waals surface area contributed by atoms with Gasteiger partial charge in [-0.15, -0.1) is 0 Å². The molecule has 1 fully saturated rings. The number of carbonyl (C=O) groups is 1. The van der Waals surface area contributed by atoms with Crippen LogP contribution in [0, 0.1) is 0 Å². The summed E-state index contributed by atoms with van der Waals surface area (Å²) in [4.78, 5) is 18.1. The maximum Gasteiger partial charge on any atom is 0.433 e. The van der Waals surface area contributed by atoms with Gasteiger partial charge in [0.15, 0.2) is 5.78 Å². The first-order valence-electron chi connectivity index (χ1n) is 8.13. The van der Waals surface area contributed by atoms with E-state index in [0.717, 1.165) is 32.0 Å². The van der Waals surface area contributed by atoms with Gasteiger partial charge in [-0.25, -0.2) is 4.98 Å². The predicted molar refractivity (Wildman–Crippen MR) is 85.7 cm³/mol. The zero-order chi connectivity index (χ0) is 17.2. The molecule has 0 atom stereocenters. The van der Waals surface area contributed by atoms with Crippen LogP contribution in [-0.2, 0) is 17.4 Å². The number of benzene rings is 1. The number of piperidine rings is 1. The van der Waals surface area contributed by atoms with Crippen LogP contribution in [0.3, 0.4) is 0 Å². The van der Waals surface area contributed by atoms with E-state index in [-0.39, 0.29) is 17.7 Å². The Morgan fingerprint density at radius 3 is 2.54 bits per heavy atom. The lowest BCUT2D eigenvalue weighted by Crippen LogP contribution is -2.35. The molecule has 0 radical (unpaired) electrons. The molecule has 128 valence electrons. The second-order valence-corrected chi connectivity index (χ2v) is 6.23. The molecule has 0 amide bonds. The van der Waals surface area contributed by atoms with Gasteiger partial charge in [0.2, 0.25) is 0 Å². The normalized spacial score (nSPS) is 16.5. The molecule has 0 N–H and O–H groups in total. The molecule has 2 aromatic rings. The number of aromatic nitrogens is 1. The highest BCUT2D eigenvalue weighted by Crippen LogP contribution is 2.31. The summed E-state index contributed by atoms with van der Waals surface area (Å²) in [7, 11) is 0. The lowest BCUT2D eigenvalue weighted by atomic mass is 10.0. The smallest absolute Gasteiger partial charge is 0.298 e. The molecule has 1 saturated heterocycles. The second kappa shape index (κ2) is 6.89. The van der Waals surface area contributed by atoms with Gasteiger partial charge in [-0.3, -0.25) is 9.69 Å². The van der Waals surface area contributed by atoms with Crippen LogP contribution in [0.15, 0.2) is 30.3 Å². The van der Waals surface area contributed by atoms with Crippen LogP contribution >= 0.6 is 0 Å². The summed E-state index contributed by atoms with van der Waals surface area (Å²) < 4.78 is 39.2. The average Bonchev–Trinajstić information content (AvgIpc) is 2.54. The number of halogens is 3. The molecule has 24 heavy (non-hydrogen) atoms. The molecule has 0 saturated carbocycles. The quantitative estimate of drug-likeness (QED) is 0.850. The maximum absolute atomic E-state index is 13.1. The minimum absolute atomic E-state index is 0.00259. The molecular weight excluding hydrogens is 317 g/mol. The van der Waals surface area contributed by atoms with Crippen LogP contribution in [0.4, 0.5) is 13.2 Å². The molecule has 3 rings (SSSR count). The molecule has 3 nitrogen and oxygen atoms in total. The Hall–Kier alpha value is -1.95. The van der Waals surface area contributed by atoms with Crippen molar-refractivity contribution in [3.8, 4) is 0 Å². The van der Waals surface area contributed by atoms with Gasteiger partial charge in [-0.2, -0.15) is 13.2 Å². The number of fused-ring (bicyclic) bond motifs is 1. The number of hydrogen-bond acceptors (Lipinski definition) is 3. The Balaban J connectivity index is 1.85. The molecule has 1 aromatic heterocycles. The van der Waals surface area contributed by atoms with Crippen LogP contribution in [0.2, 0.25) is 0 Å². The van der Waals surface area contributed by atoms with Crippen molar-refractivity contribution >= 4 is 16.7 Å². The molecule has 1 aromatic carbocycles. The number of likely N-dealkylation sites (tertiary alicyclic amines) is 1. The molecule has 0 spiro atoms. The average molecular weight is 336 g/mol. The molecule has 0 unspecified atom stereocenters. The topological polar surface area (TPSA) is 33.2 Å². The third-order valence-electron chi connectivity index (χ3n) is 4.33. The summed E-state index contributed by atoms with van der Waals surface area (Å²) in [6, 6.07) is 7.66. The number of nitrogens with zero attached hydrogens (tertiary/aromatic N) is 2. The van der Waals surface area contributed by atoms with E-state index < -0.39 is 11.9 Å². The minimum Gasteiger partial charge on any atom is -0.298 e. The Morgan fingerprint density at radius 1 is 1.12 bits per heavy atom.